The fourth-order valence-corrected chi connectivity index (χ4v) is 2.35. The van der Waals surface area contributed by atoms with Crippen molar-refractivity contribution < 1.29 is 14.1 Å². The van der Waals surface area contributed by atoms with Crippen LogP contribution >= 0.6 is 0 Å². The summed E-state index contributed by atoms with van der Waals surface area (Å²) in [6.07, 6.45) is 0.751. The fourth-order valence-electron chi connectivity index (χ4n) is 2.35. The number of rotatable bonds is 6. The molecule has 3 aromatic rings. The second-order valence-electron chi connectivity index (χ2n) is 5.43. The van der Waals surface area contributed by atoms with Crippen LogP contribution in [0.25, 0.3) is 0 Å². The zero-order valence-electron chi connectivity index (χ0n) is 13.4. The number of aromatic nitrogens is 1. The largest absolute Gasteiger partial charge is 0.465 e. The summed E-state index contributed by atoms with van der Waals surface area (Å²) < 4.78 is 10.2. The lowest BCUT2D eigenvalue weighted by atomic mass is 10.0. The smallest absolute Gasteiger partial charge is 0.262 e. The Hall–Kier alpha value is -3.08. The highest BCUT2D eigenvalue weighted by Gasteiger charge is 2.09. The van der Waals surface area contributed by atoms with E-state index in [2.05, 4.69) is 22.6 Å². The van der Waals surface area contributed by atoms with Crippen LogP contribution in [0.4, 0.5) is 5.69 Å². The van der Waals surface area contributed by atoms with E-state index < -0.39 is 0 Å². The van der Waals surface area contributed by atoms with E-state index in [0.717, 1.165) is 17.7 Å². The van der Waals surface area contributed by atoms with Crippen LogP contribution < -0.4 is 10.1 Å². The summed E-state index contributed by atoms with van der Waals surface area (Å²) in [6.45, 7) is 1.64. The van der Waals surface area contributed by atoms with Gasteiger partial charge in [0, 0.05) is 11.8 Å². The van der Waals surface area contributed by atoms with Crippen LogP contribution in [0.2, 0.25) is 0 Å². The molecule has 0 spiro atoms. The number of nitrogens with zero attached hydrogens (tertiary/aromatic N) is 1. The second kappa shape index (κ2) is 7.46. The third-order valence-electron chi connectivity index (χ3n) is 3.49. The summed E-state index contributed by atoms with van der Waals surface area (Å²) in [6, 6.07) is 19.5. The van der Waals surface area contributed by atoms with E-state index in [1.165, 1.54) is 5.56 Å². The molecule has 1 aromatic heterocycles. The van der Waals surface area contributed by atoms with Crippen LogP contribution in [-0.4, -0.2) is 17.7 Å². The maximum atomic E-state index is 12.1. The molecule has 0 saturated carbocycles. The van der Waals surface area contributed by atoms with Crippen molar-refractivity contribution in [3.05, 3.63) is 77.6 Å². The second-order valence-corrected chi connectivity index (χ2v) is 5.43. The molecule has 0 bridgehead atoms. The van der Waals surface area contributed by atoms with Gasteiger partial charge in [0.25, 0.3) is 11.8 Å². The Bertz CT molecular complexity index is 812. The highest BCUT2D eigenvalue weighted by molar-refractivity contribution is 5.92. The summed E-state index contributed by atoms with van der Waals surface area (Å²) >= 11 is 0. The molecule has 0 saturated heterocycles. The lowest BCUT2D eigenvalue weighted by molar-refractivity contribution is -0.118. The number of nitrogens with one attached hydrogen (secondary N) is 1. The zero-order chi connectivity index (χ0) is 16.8. The van der Waals surface area contributed by atoms with Gasteiger partial charge in [0.1, 0.15) is 5.76 Å². The molecule has 122 valence electrons. The Kier molecular flexibility index (Phi) is 4.91. The number of benzene rings is 2. The average Bonchev–Trinajstić information content (AvgIpc) is 3.01. The third-order valence-corrected chi connectivity index (χ3v) is 3.49. The molecule has 5 nitrogen and oxygen atoms in total. The van der Waals surface area contributed by atoms with E-state index in [9.17, 15) is 4.79 Å². The van der Waals surface area contributed by atoms with Gasteiger partial charge in [0.15, 0.2) is 6.61 Å². The zero-order valence-corrected chi connectivity index (χ0v) is 13.4. The van der Waals surface area contributed by atoms with Crippen molar-refractivity contribution in [1.29, 1.82) is 0 Å². The Morgan fingerprint density at radius 1 is 1.12 bits per heavy atom. The molecule has 0 unspecified atom stereocenters. The summed E-state index contributed by atoms with van der Waals surface area (Å²) in [7, 11) is 0. The molecule has 0 radical (unpaired) electrons. The van der Waals surface area contributed by atoms with E-state index in [0.29, 0.717) is 11.6 Å². The van der Waals surface area contributed by atoms with E-state index in [1.807, 2.05) is 42.5 Å². The minimum absolute atomic E-state index is 0.119. The molecular weight excluding hydrogens is 304 g/mol. The lowest BCUT2D eigenvalue weighted by Crippen LogP contribution is -2.21. The van der Waals surface area contributed by atoms with Crippen LogP contribution in [0, 0.1) is 6.92 Å². The first-order valence-corrected chi connectivity index (χ1v) is 7.68. The number of amides is 1. The lowest BCUT2D eigenvalue weighted by Gasteiger charge is -2.11. The SMILES string of the molecule is Cc1cc(OCC(=O)Nc2ccccc2Cc2ccccc2)no1. The first-order valence-electron chi connectivity index (χ1n) is 7.68. The van der Waals surface area contributed by atoms with Crippen molar-refractivity contribution in [1.82, 2.24) is 5.16 Å². The fraction of sp³-hybridized carbons (Fsp3) is 0.158. The molecule has 0 atom stereocenters. The van der Waals surface area contributed by atoms with Crippen LogP contribution in [-0.2, 0) is 11.2 Å². The van der Waals surface area contributed by atoms with E-state index in [-0.39, 0.29) is 12.5 Å². The topological polar surface area (TPSA) is 64.4 Å². The van der Waals surface area contributed by atoms with Gasteiger partial charge in [-0.2, -0.15) is 0 Å². The third kappa shape index (κ3) is 4.23. The molecule has 24 heavy (non-hydrogen) atoms. The summed E-state index contributed by atoms with van der Waals surface area (Å²) in [5.41, 5.74) is 3.02. The number of ether oxygens (including phenoxy) is 1. The van der Waals surface area contributed by atoms with Gasteiger partial charge >= 0.3 is 0 Å². The molecule has 1 heterocycles. The normalized spacial score (nSPS) is 10.4. The molecule has 0 aliphatic heterocycles. The van der Waals surface area contributed by atoms with Gasteiger partial charge < -0.3 is 14.6 Å². The van der Waals surface area contributed by atoms with Crippen LogP contribution in [0.5, 0.6) is 5.88 Å². The monoisotopic (exact) mass is 322 g/mol. The Morgan fingerprint density at radius 2 is 1.88 bits per heavy atom. The van der Waals surface area contributed by atoms with Crippen molar-refractivity contribution in [3.63, 3.8) is 0 Å². The Morgan fingerprint density at radius 3 is 2.62 bits per heavy atom. The summed E-state index contributed by atoms with van der Waals surface area (Å²) in [5.74, 6) is 0.704. The Labute approximate surface area is 140 Å². The van der Waals surface area contributed by atoms with E-state index in [1.54, 1.807) is 13.0 Å². The van der Waals surface area contributed by atoms with Crippen molar-refractivity contribution in [2.24, 2.45) is 0 Å². The number of hydrogen-bond acceptors (Lipinski definition) is 4. The van der Waals surface area contributed by atoms with Gasteiger partial charge in [-0.15, -0.1) is 0 Å². The van der Waals surface area contributed by atoms with Gasteiger partial charge in [-0.1, -0.05) is 48.5 Å². The van der Waals surface area contributed by atoms with Gasteiger partial charge in [-0.25, -0.2) is 0 Å². The van der Waals surface area contributed by atoms with Crippen LogP contribution in [0.1, 0.15) is 16.9 Å². The van der Waals surface area contributed by atoms with Gasteiger partial charge in [-0.3, -0.25) is 4.79 Å². The summed E-state index contributed by atoms with van der Waals surface area (Å²) in [4.78, 5) is 12.1. The highest BCUT2D eigenvalue weighted by atomic mass is 16.5. The standard InChI is InChI=1S/C19H18N2O3/c1-14-11-19(21-24-14)23-13-18(22)20-17-10-6-5-9-16(17)12-15-7-3-2-4-8-15/h2-11H,12-13H2,1H3,(H,20,22). The maximum absolute atomic E-state index is 12.1. The van der Waals surface area contributed by atoms with Gasteiger partial charge in [0.05, 0.1) is 0 Å². The predicted molar refractivity (Wildman–Crippen MR) is 91.1 cm³/mol. The maximum Gasteiger partial charge on any atom is 0.262 e. The molecule has 3 rings (SSSR count). The van der Waals surface area contributed by atoms with Crippen LogP contribution in [0.15, 0.2) is 65.2 Å². The predicted octanol–water partition coefficient (Wildman–Crippen LogP) is 3.59. The Balaban J connectivity index is 1.63. The quantitative estimate of drug-likeness (QED) is 0.753. The molecule has 1 N–H and O–H groups in total. The first kappa shape index (κ1) is 15.8. The molecule has 2 aromatic carbocycles. The number of aryl methyl sites for hydroxylation is 1. The summed E-state index contributed by atoms with van der Waals surface area (Å²) in [5, 5.41) is 6.58. The minimum atomic E-state index is -0.240. The number of carbonyl (C=O) groups excluding carboxylic acids is 1. The number of carbonyl (C=O) groups is 1. The molecule has 0 aliphatic carbocycles. The van der Waals surface area contributed by atoms with Gasteiger partial charge in [-0.05, 0) is 35.7 Å². The highest BCUT2D eigenvalue weighted by Crippen LogP contribution is 2.19. The molecule has 0 fully saturated rings. The van der Waals surface area contributed by atoms with E-state index >= 15 is 0 Å². The number of anilines is 1. The number of para-hydroxylation sites is 1. The van der Waals surface area contributed by atoms with Crippen molar-refractivity contribution in [2.75, 3.05) is 11.9 Å². The van der Waals surface area contributed by atoms with Crippen molar-refractivity contribution in [3.8, 4) is 5.88 Å². The van der Waals surface area contributed by atoms with Gasteiger partial charge in [0.2, 0.25) is 0 Å². The molecule has 0 aliphatic rings. The molecule has 1 amide bonds. The molecular formula is C19H18N2O3. The van der Waals surface area contributed by atoms with E-state index in [4.69, 9.17) is 9.26 Å². The minimum Gasteiger partial charge on any atom is -0.465 e. The van der Waals surface area contributed by atoms with Crippen molar-refractivity contribution in [2.45, 2.75) is 13.3 Å². The first-order chi connectivity index (χ1) is 11.7. The number of hydrogen-bond donors (Lipinski definition) is 1. The van der Waals surface area contributed by atoms with Crippen LogP contribution in [0.3, 0.4) is 0 Å². The molecule has 5 heteroatoms. The van der Waals surface area contributed by atoms with Crippen molar-refractivity contribution >= 4 is 11.6 Å². The average molecular weight is 322 g/mol.